The van der Waals surface area contributed by atoms with E-state index in [0.717, 1.165) is 36.1 Å². The van der Waals surface area contributed by atoms with Crippen LogP contribution < -0.4 is 0 Å². The number of hydrogen-bond donors (Lipinski definition) is 1. The molecule has 2 aliphatic heterocycles. The van der Waals surface area contributed by atoms with E-state index in [1.807, 2.05) is 30.6 Å². The van der Waals surface area contributed by atoms with Crippen molar-refractivity contribution >= 4 is 11.0 Å². The number of aromatic nitrogens is 3. The van der Waals surface area contributed by atoms with Crippen molar-refractivity contribution in [2.75, 3.05) is 0 Å². The lowest BCUT2D eigenvalue weighted by Crippen LogP contribution is -2.52. The molecule has 0 aliphatic carbocycles. The Bertz CT molecular complexity index is 893. The topological polar surface area (TPSA) is 54.2 Å². The maximum atomic E-state index is 11.4. The van der Waals surface area contributed by atoms with Crippen LogP contribution >= 0.6 is 0 Å². The lowest BCUT2D eigenvalue weighted by atomic mass is 9.85. The lowest BCUT2D eigenvalue weighted by Gasteiger charge is -2.44. The predicted molar refractivity (Wildman–Crippen MR) is 101 cm³/mol. The van der Waals surface area contributed by atoms with Gasteiger partial charge in [-0.1, -0.05) is 6.07 Å². The fourth-order valence-corrected chi connectivity index (χ4v) is 4.96. The highest BCUT2D eigenvalue weighted by Gasteiger charge is 2.47. The van der Waals surface area contributed by atoms with Gasteiger partial charge < -0.3 is 9.67 Å². The van der Waals surface area contributed by atoms with Gasteiger partial charge in [-0.05, 0) is 56.0 Å². The average molecular weight is 348 g/mol. The van der Waals surface area contributed by atoms with E-state index in [-0.39, 0.29) is 0 Å². The van der Waals surface area contributed by atoms with E-state index in [1.54, 1.807) is 0 Å². The van der Waals surface area contributed by atoms with Gasteiger partial charge in [0.1, 0.15) is 0 Å². The summed E-state index contributed by atoms with van der Waals surface area (Å²) in [6.07, 6.45) is 9.74. The number of fused-ring (bicyclic) bond motifs is 3. The van der Waals surface area contributed by atoms with Gasteiger partial charge in [0.15, 0.2) is 0 Å². The van der Waals surface area contributed by atoms with Crippen molar-refractivity contribution in [2.45, 2.75) is 56.5 Å². The number of hydrogen-bond acceptors (Lipinski definition) is 4. The van der Waals surface area contributed by atoms with Crippen LogP contribution in [0.4, 0.5) is 0 Å². The Kier molecular flexibility index (Phi) is 3.80. The van der Waals surface area contributed by atoms with Gasteiger partial charge in [0.05, 0.1) is 28.9 Å². The molecule has 5 heteroatoms. The van der Waals surface area contributed by atoms with Crippen LogP contribution in [0.1, 0.15) is 31.4 Å². The summed E-state index contributed by atoms with van der Waals surface area (Å²) in [5.74, 6) is 0. The molecule has 3 aromatic heterocycles. The Hall–Kier alpha value is -2.24. The van der Waals surface area contributed by atoms with E-state index in [0.29, 0.717) is 18.6 Å². The average Bonchev–Trinajstić information content (AvgIpc) is 3.15. The van der Waals surface area contributed by atoms with E-state index in [2.05, 4.69) is 43.8 Å². The molecule has 5 nitrogen and oxygen atoms in total. The molecule has 0 spiro atoms. The summed E-state index contributed by atoms with van der Waals surface area (Å²) in [7, 11) is 0. The van der Waals surface area contributed by atoms with Crippen molar-refractivity contribution in [3.63, 3.8) is 0 Å². The van der Waals surface area contributed by atoms with E-state index in [9.17, 15) is 5.11 Å². The Morgan fingerprint density at radius 1 is 1.00 bits per heavy atom. The molecule has 134 valence electrons. The fraction of sp³-hybridized carbons (Fsp3) is 0.429. The predicted octanol–water partition coefficient (Wildman–Crippen LogP) is 2.99. The SMILES string of the molecule is OC1(Cn2ccc3ncccc32)C[C@@H]2CC[C@@H](C1)N2Cc1ccccn1. The van der Waals surface area contributed by atoms with Gasteiger partial charge in [-0.25, -0.2) is 0 Å². The van der Waals surface area contributed by atoms with Crippen LogP contribution in [0.3, 0.4) is 0 Å². The summed E-state index contributed by atoms with van der Waals surface area (Å²) in [4.78, 5) is 11.4. The molecule has 0 saturated carbocycles. The van der Waals surface area contributed by atoms with Crippen LogP contribution in [0.15, 0.2) is 55.0 Å². The molecule has 5 heterocycles. The zero-order valence-electron chi connectivity index (χ0n) is 14.8. The minimum atomic E-state index is -0.645. The molecule has 26 heavy (non-hydrogen) atoms. The fourth-order valence-electron chi connectivity index (χ4n) is 4.96. The van der Waals surface area contributed by atoms with Crippen molar-refractivity contribution in [3.05, 3.63) is 60.7 Å². The van der Waals surface area contributed by atoms with Gasteiger partial charge in [0, 0.05) is 37.2 Å². The molecule has 0 radical (unpaired) electrons. The Morgan fingerprint density at radius 3 is 2.58 bits per heavy atom. The maximum Gasteiger partial charge on any atom is 0.0880 e. The van der Waals surface area contributed by atoms with Crippen LogP contribution in [0.2, 0.25) is 0 Å². The number of rotatable bonds is 4. The second-order valence-electron chi connectivity index (χ2n) is 7.86. The minimum absolute atomic E-state index is 0.445. The highest BCUT2D eigenvalue weighted by atomic mass is 16.3. The first kappa shape index (κ1) is 16.0. The second kappa shape index (κ2) is 6.18. The number of aliphatic hydroxyl groups is 1. The number of nitrogens with zero attached hydrogens (tertiary/aromatic N) is 4. The molecule has 1 N–H and O–H groups in total. The number of pyridine rings is 2. The molecule has 2 bridgehead atoms. The summed E-state index contributed by atoms with van der Waals surface area (Å²) in [6.45, 7) is 1.54. The highest BCUT2D eigenvalue weighted by molar-refractivity contribution is 5.75. The first-order valence-corrected chi connectivity index (χ1v) is 9.48. The van der Waals surface area contributed by atoms with E-state index >= 15 is 0 Å². The van der Waals surface area contributed by atoms with Crippen molar-refractivity contribution in [1.82, 2.24) is 19.4 Å². The number of piperidine rings is 1. The molecule has 0 unspecified atom stereocenters. The van der Waals surface area contributed by atoms with Crippen LogP contribution in [-0.2, 0) is 13.1 Å². The molecule has 2 aliphatic rings. The minimum Gasteiger partial charge on any atom is -0.388 e. The molecule has 2 fully saturated rings. The molecule has 2 atom stereocenters. The summed E-state index contributed by atoms with van der Waals surface area (Å²) in [6, 6.07) is 13.1. The summed E-state index contributed by atoms with van der Waals surface area (Å²) < 4.78 is 2.16. The maximum absolute atomic E-state index is 11.4. The molecular weight excluding hydrogens is 324 g/mol. The van der Waals surface area contributed by atoms with Crippen molar-refractivity contribution < 1.29 is 5.11 Å². The Labute approximate surface area is 153 Å². The lowest BCUT2D eigenvalue weighted by molar-refractivity contribution is -0.0647. The van der Waals surface area contributed by atoms with Gasteiger partial charge in [0.25, 0.3) is 0 Å². The van der Waals surface area contributed by atoms with Gasteiger partial charge >= 0.3 is 0 Å². The first-order chi connectivity index (χ1) is 12.7. The third-order valence-electron chi connectivity index (χ3n) is 6.08. The molecule has 0 amide bonds. The monoisotopic (exact) mass is 348 g/mol. The van der Waals surface area contributed by atoms with Crippen LogP contribution in [-0.4, -0.2) is 42.2 Å². The van der Waals surface area contributed by atoms with Crippen molar-refractivity contribution in [3.8, 4) is 0 Å². The van der Waals surface area contributed by atoms with Crippen LogP contribution in [0.5, 0.6) is 0 Å². The van der Waals surface area contributed by atoms with Gasteiger partial charge in [0.2, 0.25) is 0 Å². The van der Waals surface area contributed by atoms with Crippen molar-refractivity contribution in [2.24, 2.45) is 0 Å². The third-order valence-corrected chi connectivity index (χ3v) is 6.08. The molecule has 5 rings (SSSR count). The van der Waals surface area contributed by atoms with Gasteiger partial charge in [-0.2, -0.15) is 0 Å². The normalized spacial score (nSPS) is 28.7. The van der Waals surface area contributed by atoms with E-state index < -0.39 is 5.60 Å². The molecular formula is C21H24N4O. The van der Waals surface area contributed by atoms with Crippen molar-refractivity contribution in [1.29, 1.82) is 0 Å². The second-order valence-corrected chi connectivity index (χ2v) is 7.86. The summed E-state index contributed by atoms with van der Waals surface area (Å²) in [5.41, 5.74) is 2.57. The largest absolute Gasteiger partial charge is 0.388 e. The Balaban J connectivity index is 1.35. The summed E-state index contributed by atoms with van der Waals surface area (Å²) in [5, 5.41) is 11.4. The van der Waals surface area contributed by atoms with Crippen LogP contribution in [0.25, 0.3) is 11.0 Å². The highest BCUT2D eigenvalue weighted by Crippen LogP contribution is 2.42. The molecule has 0 aromatic carbocycles. The van der Waals surface area contributed by atoms with Crippen LogP contribution in [0, 0.1) is 0 Å². The van der Waals surface area contributed by atoms with E-state index in [1.165, 1.54) is 12.8 Å². The zero-order valence-corrected chi connectivity index (χ0v) is 14.8. The zero-order chi connectivity index (χ0) is 17.6. The quantitative estimate of drug-likeness (QED) is 0.787. The first-order valence-electron chi connectivity index (χ1n) is 9.48. The third kappa shape index (κ3) is 2.81. The molecule has 2 saturated heterocycles. The van der Waals surface area contributed by atoms with Gasteiger partial charge in [-0.3, -0.25) is 14.9 Å². The Morgan fingerprint density at radius 2 is 1.81 bits per heavy atom. The molecule has 3 aromatic rings. The van der Waals surface area contributed by atoms with E-state index in [4.69, 9.17) is 0 Å². The van der Waals surface area contributed by atoms with Gasteiger partial charge in [-0.15, -0.1) is 0 Å². The standard InChI is InChI=1S/C21H24N4O/c26-21(15-24-11-8-19-20(24)5-3-10-23-19)12-17-6-7-18(13-21)25(17)14-16-4-1-2-9-22-16/h1-5,8-11,17-18,26H,6-7,12-15H2/t17-,18-/m0/s1. The smallest absolute Gasteiger partial charge is 0.0880 e. The summed E-state index contributed by atoms with van der Waals surface area (Å²) >= 11 is 0.